The van der Waals surface area contributed by atoms with Crippen LogP contribution in [0.1, 0.15) is 31.6 Å². The normalized spacial score (nSPS) is 12.8. The molecule has 1 rings (SSSR count). The van der Waals surface area contributed by atoms with E-state index in [1.165, 1.54) is 0 Å². The van der Waals surface area contributed by atoms with E-state index in [1.807, 2.05) is 19.9 Å². The summed E-state index contributed by atoms with van der Waals surface area (Å²) in [6, 6.07) is 1.95. The first-order chi connectivity index (χ1) is 6.65. The van der Waals surface area contributed by atoms with E-state index in [2.05, 4.69) is 0 Å². The molecule has 14 heavy (non-hydrogen) atoms. The number of carbonyl (C=O) groups excluding carboxylic acids is 1. The number of furan rings is 1. The summed E-state index contributed by atoms with van der Waals surface area (Å²) in [6.45, 7) is 5.71. The van der Waals surface area contributed by atoms with Gasteiger partial charge in [-0.1, -0.05) is 6.92 Å². The Morgan fingerprint density at radius 3 is 2.79 bits per heavy atom. The predicted molar refractivity (Wildman–Crippen MR) is 59.5 cm³/mol. The molecule has 0 aliphatic carbocycles. The maximum Gasteiger partial charge on any atom is 0.142 e. The smallest absolute Gasteiger partial charge is 0.142 e. The SMILES string of the molecule is CCC(SCc1occc1C)C(C)=O. The fourth-order valence-corrected chi connectivity index (χ4v) is 2.37. The van der Waals surface area contributed by atoms with Gasteiger partial charge < -0.3 is 4.42 Å². The number of carbonyl (C=O) groups is 1. The lowest BCUT2D eigenvalue weighted by molar-refractivity contribution is -0.116. The van der Waals surface area contributed by atoms with E-state index in [9.17, 15) is 4.79 Å². The first kappa shape index (κ1) is 11.4. The third kappa shape index (κ3) is 2.91. The molecule has 0 bridgehead atoms. The fraction of sp³-hybridized carbons (Fsp3) is 0.545. The Hall–Kier alpha value is -0.700. The van der Waals surface area contributed by atoms with Crippen LogP contribution in [0.4, 0.5) is 0 Å². The molecule has 3 heteroatoms. The van der Waals surface area contributed by atoms with Crippen LogP contribution in [-0.4, -0.2) is 11.0 Å². The Morgan fingerprint density at radius 2 is 2.36 bits per heavy atom. The Balaban J connectivity index is 2.47. The molecule has 1 atom stereocenters. The molecule has 0 N–H and O–H groups in total. The standard InChI is InChI=1S/C11H16O2S/c1-4-11(9(3)12)14-7-10-8(2)5-6-13-10/h5-6,11H,4,7H2,1-3H3. The molecule has 0 aromatic carbocycles. The van der Waals surface area contributed by atoms with Gasteiger partial charge in [0.15, 0.2) is 0 Å². The lowest BCUT2D eigenvalue weighted by Gasteiger charge is -2.09. The fourth-order valence-electron chi connectivity index (χ4n) is 1.25. The minimum atomic E-state index is 0.111. The molecular formula is C11H16O2S. The maximum absolute atomic E-state index is 11.2. The van der Waals surface area contributed by atoms with E-state index in [0.29, 0.717) is 0 Å². The van der Waals surface area contributed by atoms with Crippen molar-refractivity contribution in [1.82, 2.24) is 0 Å². The molecule has 1 aromatic rings. The van der Waals surface area contributed by atoms with Crippen LogP contribution in [0.2, 0.25) is 0 Å². The second kappa shape index (κ2) is 5.25. The van der Waals surface area contributed by atoms with Crippen LogP contribution in [0.3, 0.4) is 0 Å². The average Bonchev–Trinajstić information content (AvgIpc) is 2.52. The molecule has 1 heterocycles. The van der Waals surface area contributed by atoms with Crippen molar-refractivity contribution in [3.05, 3.63) is 23.7 Å². The van der Waals surface area contributed by atoms with Crippen molar-refractivity contribution in [3.63, 3.8) is 0 Å². The van der Waals surface area contributed by atoms with Gasteiger partial charge in [0.05, 0.1) is 17.3 Å². The third-order valence-corrected chi connectivity index (χ3v) is 3.70. The van der Waals surface area contributed by atoms with E-state index >= 15 is 0 Å². The van der Waals surface area contributed by atoms with Crippen LogP contribution in [0, 0.1) is 6.92 Å². The molecule has 0 saturated carbocycles. The van der Waals surface area contributed by atoms with E-state index in [0.717, 1.165) is 23.5 Å². The number of rotatable bonds is 5. The monoisotopic (exact) mass is 212 g/mol. The topological polar surface area (TPSA) is 30.2 Å². The molecule has 0 saturated heterocycles. The van der Waals surface area contributed by atoms with Gasteiger partial charge in [-0.05, 0) is 31.9 Å². The zero-order valence-corrected chi connectivity index (χ0v) is 9.69. The van der Waals surface area contributed by atoms with Gasteiger partial charge in [0, 0.05) is 0 Å². The van der Waals surface area contributed by atoms with E-state index < -0.39 is 0 Å². The number of aryl methyl sites for hydroxylation is 1. The molecule has 0 spiro atoms. The second-order valence-corrected chi connectivity index (χ2v) is 4.54. The number of ketones is 1. The quantitative estimate of drug-likeness (QED) is 0.751. The van der Waals surface area contributed by atoms with Crippen molar-refractivity contribution >= 4 is 17.5 Å². The number of hydrogen-bond donors (Lipinski definition) is 0. The Morgan fingerprint density at radius 1 is 1.64 bits per heavy atom. The summed E-state index contributed by atoms with van der Waals surface area (Å²) < 4.78 is 5.31. The zero-order valence-electron chi connectivity index (χ0n) is 8.87. The highest BCUT2D eigenvalue weighted by Gasteiger charge is 2.13. The molecule has 0 aliphatic heterocycles. The van der Waals surface area contributed by atoms with Gasteiger partial charge in [0.1, 0.15) is 11.5 Å². The van der Waals surface area contributed by atoms with Crippen molar-refractivity contribution < 1.29 is 9.21 Å². The van der Waals surface area contributed by atoms with Gasteiger partial charge in [-0.3, -0.25) is 4.79 Å². The molecule has 1 unspecified atom stereocenters. The van der Waals surface area contributed by atoms with E-state index in [4.69, 9.17) is 4.42 Å². The number of Topliss-reactive ketones (excluding diaryl/α,β-unsaturated/α-hetero) is 1. The molecule has 0 fully saturated rings. The zero-order chi connectivity index (χ0) is 10.6. The minimum Gasteiger partial charge on any atom is -0.468 e. The highest BCUT2D eigenvalue weighted by Crippen LogP contribution is 2.23. The molecule has 1 aromatic heterocycles. The van der Waals surface area contributed by atoms with Gasteiger partial charge in [-0.15, -0.1) is 11.8 Å². The highest BCUT2D eigenvalue weighted by atomic mass is 32.2. The van der Waals surface area contributed by atoms with Crippen LogP contribution in [-0.2, 0) is 10.5 Å². The lowest BCUT2D eigenvalue weighted by Crippen LogP contribution is -2.12. The van der Waals surface area contributed by atoms with Crippen molar-refractivity contribution in [2.24, 2.45) is 0 Å². The maximum atomic E-state index is 11.2. The largest absolute Gasteiger partial charge is 0.468 e. The number of thioether (sulfide) groups is 1. The summed E-state index contributed by atoms with van der Waals surface area (Å²) in [5.41, 5.74) is 1.16. The van der Waals surface area contributed by atoms with Gasteiger partial charge in [0.2, 0.25) is 0 Å². The molecule has 2 nitrogen and oxygen atoms in total. The molecule has 0 amide bonds. The Bertz CT molecular complexity index is 304. The summed E-state index contributed by atoms with van der Waals surface area (Å²) in [7, 11) is 0. The van der Waals surface area contributed by atoms with E-state index in [-0.39, 0.29) is 11.0 Å². The predicted octanol–water partition coefficient (Wildman–Crippen LogP) is 3.19. The van der Waals surface area contributed by atoms with Crippen molar-refractivity contribution in [3.8, 4) is 0 Å². The van der Waals surface area contributed by atoms with Gasteiger partial charge >= 0.3 is 0 Å². The van der Waals surface area contributed by atoms with Crippen molar-refractivity contribution in [1.29, 1.82) is 0 Å². The number of hydrogen-bond acceptors (Lipinski definition) is 3. The highest BCUT2D eigenvalue weighted by molar-refractivity contribution is 7.99. The second-order valence-electron chi connectivity index (χ2n) is 3.35. The molecular weight excluding hydrogens is 196 g/mol. The van der Waals surface area contributed by atoms with Crippen LogP contribution in [0.5, 0.6) is 0 Å². The van der Waals surface area contributed by atoms with Crippen LogP contribution < -0.4 is 0 Å². The van der Waals surface area contributed by atoms with E-state index in [1.54, 1.807) is 24.9 Å². The van der Waals surface area contributed by atoms with Crippen molar-refractivity contribution in [2.45, 2.75) is 38.2 Å². The van der Waals surface area contributed by atoms with Gasteiger partial charge in [-0.25, -0.2) is 0 Å². The Kier molecular flexibility index (Phi) is 4.26. The summed E-state index contributed by atoms with van der Waals surface area (Å²) in [5, 5.41) is 0.111. The Labute approximate surface area is 89.1 Å². The van der Waals surface area contributed by atoms with Crippen LogP contribution in [0.15, 0.2) is 16.7 Å². The van der Waals surface area contributed by atoms with Crippen molar-refractivity contribution in [2.75, 3.05) is 0 Å². The first-order valence-corrected chi connectivity index (χ1v) is 5.85. The van der Waals surface area contributed by atoms with Gasteiger partial charge in [-0.2, -0.15) is 0 Å². The molecule has 0 radical (unpaired) electrons. The summed E-state index contributed by atoms with van der Waals surface area (Å²) in [6.07, 6.45) is 2.58. The minimum absolute atomic E-state index is 0.111. The molecule has 78 valence electrons. The average molecular weight is 212 g/mol. The summed E-state index contributed by atoms with van der Waals surface area (Å²) in [4.78, 5) is 11.2. The first-order valence-electron chi connectivity index (χ1n) is 4.80. The van der Waals surface area contributed by atoms with Crippen LogP contribution >= 0.6 is 11.8 Å². The van der Waals surface area contributed by atoms with Crippen LogP contribution in [0.25, 0.3) is 0 Å². The molecule has 0 aliphatic rings. The summed E-state index contributed by atoms with van der Waals surface area (Å²) >= 11 is 1.66. The summed E-state index contributed by atoms with van der Waals surface area (Å²) in [5.74, 6) is 2.02. The third-order valence-electron chi connectivity index (χ3n) is 2.21. The van der Waals surface area contributed by atoms with Gasteiger partial charge in [0.25, 0.3) is 0 Å². The lowest BCUT2D eigenvalue weighted by atomic mass is 10.2.